The van der Waals surface area contributed by atoms with Crippen LogP contribution in [0.3, 0.4) is 0 Å². The second-order valence-electron chi connectivity index (χ2n) is 4.25. The maximum atomic E-state index is 12.3. The van der Waals surface area contributed by atoms with Crippen molar-refractivity contribution in [3.8, 4) is 0 Å². The van der Waals surface area contributed by atoms with E-state index in [1.165, 1.54) is 16.6 Å². The topological polar surface area (TPSA) is 85.5 Å². The van der Waals surface area contributed by atoms with E-state index in [2.05, 4.69) is 4.98 Å². The molecule has 1 atom stereocenters. The van der Waals surface area contributed by atoms with Crippen molar-refractivity contribution in [2.24, 2.45) is 5.73 Å². The molecule has 0 aromatic carbocycles. The van der Waals surface area contributed by atoms with Crippen LogP contribution in [0.5, 0.6) is 0 Å². The van der Waals surface area contributed by atoms with E-state index in [0.717, 1.165) is 12.0 Å². The Kier molecular flexibility index (Phi) is 3.96. The molecule has 0 radical (unpaired) electrons. The van der Waals surface area contributed by atoms with Crippen LogP contribution in [0, 0.1) is 0 Å². The van der Waals surface area contributed by atoms with Crippen LogP contribution in [0.25, 0.3) is 0 Å². The van der Waals surface area contributed by atoms with Crippen LogP contribution in [0.15, 0.2) is 23.4 Å². The van der Waals surface area contributed by atoms with Crippen LogP contribution in [-0.4, -0.2) is 44.0 Å². The Bertz CT molecular complexity index is 495. The first-order valence-corrected chi connectivity index (χ1v) is 7.20. The third kappa shape index (κ3) is 2.54. The summed E-state index contributed by atoms with van der Waals surface area (Å²) in [5.74, 6) is 0. The fourth-order valence-electron chi connectivity index (χ4n) is 1.84. The maximum Gasteiger partial charge on any atom is 0.260 e. The molecule has 0 spiro atoms. The zero-order chi connectivity index (χ0) is 13.2. The molecule has 2 rings (SSSR count). The fourth-order valence-corrected chi connectivity index (χ4v) is 3.12. The van der Waals surface area contributed by atoms with Gasteiger partial charge < -0.3 is 10.5 Å². The molecule has 1 aliphatic rings. The summed E-state index contributed by atoms with van der Waals surface area (Å²) in [6.45, 7) is 1.39. The predicted molar refractivity (Wildman–Crippen MR) is 66.3 cm³/mol. The highest BCUT2D eigenvalue weighted by Crippen LogP contribution is 2.19. The van der Waals surface area contributed by atoms with Gasteiger partial charge in [0.05, 0.1) is 12.6 Å². The maximum absolute atomic E-state index is 12.3. The Morgan fingerprint density at radius 2 is 2.33 bits per heavy atom. The molecule has 1 unspecified atom stereocenters. The Morgan fingerprint density at radius 1 is 1.56 bits per heavy atom. The Balaban J connectivity index is 2.23. The van der Waals surface area contributed by atoms with E-state index in [9.17, 15) is 8.42 Å². The van der Waals surface area contributed by atoms with Crippen molar-refractivity contribution < 1.29 is 13.2 Å². The molecule has 0 saturated carbocycles. The summed E-state index contributed by atoms with van der Waals surface area (Å²) in [6.07, 6.45) is 2.21. The number of ether oxygens (including phenoxy) is 1. The van der Waals surface area contributed by atoms with Gasteiger partial charge >= 0.3 is 0 Å². The first-order valence-electron chi connectivity index (χ1n) is 5.76. The zero-order valence-corrected chi connectivity index (χ0v) is 11.1. The van der Waals surface area contributed by atoms with Gasteiger partial charge in [-0.15, -0.1) is 0 Å². The van der Waals surface area contributed by atoms with Crippen molar-refractivity contribution in [2.45, 2.75) is 24.0 Å². The molecule has 1 saturated heterocycles. The van der Waals surface area contributed by atoms with Gasteiger partial charge in [0.1, 0.15) is 0 Å². The van der Waals surface area contributed by atoms with Crippen molar-refractivity contribution in [1.82, 2.24) is 9.29 Å². The number of nitrogens with two attached hydrogens (primary N) is 1. The average molecular weight is 271 g/mol. The Hall–Kier alpha value is -1.02. The molecule has 1 aromatic rings. The number of rotatable bonds is 4. The second kappa shape index (κ2) is 5.31. The molecule has 2 N–H and O–H groups in total. The van der Waals surface area contributed by atoms with Gasteiger partial charge in [0.2, 0.25) is 0 Å². The van der Waals surface area contributed by atoms with Crippen LogP contribution in [-0.2, 0) is 21.3 Å². The highest BCUT2D eigenvalue weighted by Gasteiger charge is 2.31. The summed E-state index contributed by atoms with van der Waals surface area (Å²) in [7, 11) is -1.98. The van der Waals surface area contributed by atoms with Gasteiger partial charge in [-0.05, 0) is 18.1 Å². The number of hydrogen-bond acceptors (Lipinski definition) is 5. The van der Waals surface area contributed by atoms with Gasteiger partial charge in [-0.3, -0.25) is 0 Å². The summed E-state index contributed by atoms with van der Waals surface area (Å²) in [4.78, 5) is 3.96. The fraction of sp³-hybridized carbons (Fsp3) is 0.545. The molecule has 0 aliphatic carbocycles. The summed E-state index contributed by atoms with van der Waals surface area (Å²) in [5.41, 5.74) is 6.26. The SMILES string of the molecule is CN(C1CCOC1)S(=O)(=O)c1ccc(CN)cn1. The van der Waals surface area contributed by atoms with Crippen molar-refractivity contribution in [2.75, 3.05) is 20.3 Å². The van der Waals surface area contributed by atoms with E-state index in [4.69, 9.17) is 10.5 Å². The molecule has 1 aliphatic heterocycles. The lowest BCUT2D eigenvalue weighted by atomic mass is 10.3. The van der Waals surface area contributed by atoms with Crippen molar-refractivity contribution in [1.29, 1.82) is 0 Å². The van der Waals surface area contributed by atoms with Gasteiger partial charge in [0.15, 0.2) is 5.03 Å². The van der Waals surface area contributed by atoms with Crippen LogP contribution >= 0.6 is 0 Å². The molecule has 0 bridgehead atoms. The van der Waals surface area contributed by atoms with Crippen molar-refractivity contribution in [3.63, 3.8) is 0 Å². The second-order valence-corrected chi connectivity index (χ2v) is 6.19. The largest absolute Gasteiger partial charge is 0.380 e. The molecule has 6 nitrogen and oxygen atoms in total. The van der Waals surface area contributed by atoms with Crippen LogP contribution < -0.4 is 5.73 Å². The molecule has 100 valence electrons. The molecular weight excluding hydrogens is 254 g/mol. The van der Waals surface area contributed by atoms with E-state index in [1.54, 1.807) is 13.1 Å². The lowest BCUT2D eigenvalue weighted by Gasteiger charge is -2.21. The minimum absolute atomic E-state index is 0.0501. The molecule has 1 aromatic heterocycles. The minimum Gasteiger partial charge on any atom is -0.380 e. The predicted octanol–water partition coefficient (Wildman–Crippen LogP) is -0.0503. The van der Waals surface area contributed by atoms with E-state index in [0.29, 0.717) is 19.8 Å². The lowest BCUT2D eigenvalue weighted by molar-refractivity contribution is 0.180. The first kappa shape index (κ1) is 13.4. The number of likely N-dealkylation sites (N-methyl/N-ethyl adjacent to an activating group) is 1. The number of pyridine rings is 1. The minimum atomic E-state index is -3.55. The third-order valence-electron chi connectivity index (χ3n) is 3.10. The van der Waals surface area contributed by atoms with Crippen molar-refractivity contribution in [3.05, 3.63) is 23.9 Å². The lowest BCUT2D eigenvalue weighted by Crippen LogP contribution is -2.37. The van der Waals surface area contributed by atoms with Gasteiger partial charge in [0.25, 0.3) is 10.0 Å². The molecule has 2 heterocycles. The first-order chi connectivity index (χ1) is 8.55. The van der Waals surface area contributed by atoms with Crippen LogP contribution in [0.1, 0.15) is 12.0 Å². The zero-order valence-electron chi connectivity index (χ0n) is 10.2. The molecule has 1 fully saturated rings. The quantitative estimate of drug-likeness (QED) is 0.830. The number of hydrogen-bond donors (Lipinski definition) is 1. The highest BCUT2D eigenvalue weighted by atomic mass is 32.2. The number of nitrogens with zero attached hydrogens (tertiary/aromatic N) is 2. The molecule has 7 heteroatoms. The van der Waals surface area contributed by atoms with Gasteiger partial charge in [0, 0.05) is 26.4 Å². The summed E-state index contributed by atoms with van der Waals surface area (Å²) >= 11 is 0. The number of aromatic nitrogens is 1. The summed E-state index contributed by atoms with van der Waals surface area (Å²) < 4.78 is 31.1. The van der Waals surface area contributed by atoms with Crippen molar-refractivity contribution >= 4 is 10.0 Å². The van der Waals surface area contributed by atoms with Gasteiger partial charge in [-0.25, -0.2) is 13.4 Å². The molecular formula is C11H17N3O3S. The monoisotopic (exact) mass is 271 g/mol. The summed E-state index contributed by atoms with van der Waals surface area (Å²) in [5, 5.41) is 0.0501. The molecule has 18 heavy (non-hydrogen) atoms. The summed E-state index contributed by atoms with van der Waals surface area (Å²) in [6, 6.07) is 3.06. The van der Waals surface area contributed by atoms with Crippen LogP contribution in [0.4, 0.5) is 0 Å². The van der Waals surface area contributed by atoms with Gasteiger partial charge in [-0.1, -0.05) is 6.07 Å². The van der Waals surface area contributed by atoms with E-state index in [1.807, 2.05) is 0 Å². The average Bonchev–Trinajstić information content (AvgIpc) is 2.91. The highest BCUT2D eigenvalue weighted by molar-refractivity contribution is 7.89. The molecule has 0 amide bonds. The number of sulfonamides is 1. The van der Waals surface area contributed by atoms with E-state index < -0.39 is 10.0 Å². The Labute approximate surface area is 107 Å². The van der Waals surface area contributed by atoms with Gasteiger partial charge in [-0.2, -0.15) is 4.31 Å². The van der Waals surface area contributed by atoms with E-state index >= 15 is 0 Å². The smallest absolute Gasteiger partial charge is 0.260 e. The Morgan fingerprint density at radius 3 is 2.83 bits per heavy atom. The standard InChI is InChI=1S/C11H17N3O3S/c1-14(10-4-5-17-8-10)18(15,16)11-3-2-9(6-12)7-13-11/h2-3,7,10H,4-6,8,12H2,1H3. The van der Waals surface area contributed by atoms with E-state index in [-0.39, 0.29) is 11.1 Å². The van der Waals surface area contributed by atoms with Crippen LogP contribution in [0.2, 0.25) is 0 Å². The normalized spacial score (nSPS) is 20.5. The third-order valence-corrected chi connectivity index (χ3v) is 4.92.